The van der Waals surface area contributed by atoms with Gasteiger partial charge in [0, 0.05) is 18.2 Å². The van der Waals surface area contributed by atoms with E-state index in [1.54, 1.807) is 6.07 Å². The molecule has 0 bridgehead atoms. The van der Waals surface area contributed by atoms with Gasteiger partial charge >= 0.3 is 6.18 Å². The lowest BCUT2D eigenvalue weighted by Gasteiger charge is -2.18. The van der Waals surface area contributed by atoms with Gasteiger partial charge in [0.2, 0.25) is 5.91 Å². The summed E-state index contributed by atoms with van der Waals surface area (Å²) < 4.78 is 55.4. The number of hydrogen-bond acceptors (Lipinski definition) is 4. The molecule has 2 aromatic rings. The van der Waals surface area contributed by atoms with E-state index < -0.39 is 11.7 Å². The lowest BCUT2D eigenvalue weighted by molar-refractivity contribution is -0.137. The van der Waals surface area contributed by atoms with Crippen molar-refractivity contribution in [2.45, 2.75) is 25.6 Å². The summed E-state index contributed by atoms with van der Waals surface area (Å²) in [7, 11) is 0. The van der Waals surface area contributed by atoms with Crippen LogP contribution in [0, 0.1) is 0 Å². The molecule has 0 spiro atoms. The number of alkyl halides is 3. The molecule has 1 N–H and O–H groups in total. The Kier molecular flexibility index (Phi) is 5.57. The number of amides is 1. The number of hydrogen-bond donors (Lipinski definition) is 1. The second-order valence-corrected chi connectivity index (χ2v) is 7.03. The molecule has 2 aliphatic rings. The normalized spacial score (nSPS) is 17.0. The fraction of sp³-hybridized carbons (Fsp3) is 0.318. The molecular formula is C22H20F3NO4. The van der Waals surface area contributed by atoms with Gasteiger partial charge in [0.25, 0.3) is 0 Å². The van der Waals surface area contributed by atoms with Gasteiger partial charge in [0.1, 0.15) is 19.0 Å². The summed E-state index contributed by atoms with van der Waals surface area (Å²) in [5.74, 6) is 1.13. The molecule has 158 valence electrons. The molecule has 2 aromatic carbocycles. The summed E-state index contributed by atoms with van der Waals surface area (Å²) in [6, 6.07) is 8.81. The summed E-state index contributed by atoms with van der Waals surface area (Å²) in [5.41, 5.74) is 1.24. The molecule has 2 heterocycles. The molecule has 1 amide bonds. The number of carbonyl (C=O) groups is 1. The van der Waals surface area contributed by atoms with Crippen molar-refractivity contribution in [3.63, 3.8) is 0 Å². The maximum atomic E-state index is 13.0. The zero-order valence-corrected chi connectivity index (χ0v) is 16.1. The molecule has 0 fully saturated rings. The van der Waals surface area contributed by atoms with Gasteiger partial charge in [-0.15, -0.1) is 0 Å². The number of carbonyl (C=O) groups excluding carboxylic acids is 1. The molecule has 0 unspecified atom stereocenters. The van der Waals surface area contributed by atoms with Crippen LogP contribution in [0.4, 0.5) is 13.2 Å². The van der Waals surface area contributed by atoms with E-state index >= 15 is 0 Å². The average molecular weight is 419 g/mol. The first-order chi connectivity index (χ1) is 14.4. The molecular weight excluding hydrogens is 399 g/mol. The number of halogens is 3. The summed E-state index contributed by atoms with van der Waals surface area (Å²) in [6.45, 7) is 1.57. The van der Waals surface area contributed by atoms with Crippen molar-refractivity contribution in [3.8, 4) is 17.2 Å². The number of rotatable bonds is 3. The van der Waals surface area contributed by atoms with E-state index in [2.05, 4.69) is 5.32 Å². The van der Waals surface area contributed by atoms with Gasteiger partial charge in [0.05, 0.1) is 12.2 Å². The zero-order chi connectivity index (χ0) is 21.1. The maximum absolute atomic E-state index is 13.0. The standard InChI is InChI=1S/C22H20F3NO4/c23-22(24,25)16-4-5-17-15(2-1-7-28-19(17)12-16)11-21(27)26-13-14-3-6-18-20(10-14)30-9-8-29-18/h3-6,10-12H,1-2,7-9,13H2,(H,26,27)/b15-11+. The molecule has 5 nitrogen and oxygen atoms in total. The van der Waals surface area contributed by atoms with Crippen LogP contribution in [0.15, 0.2) is 42.5 Å². The fourth-order valence-corrected chi connectivity index (χ4v) is 3.41. The van der Waals surface area contributed by atoms with Crippen molar-refractivity contribution >= 4 is 11.5 Å². The average Bonchev–Trinajstić information content (AvgIpc) is 2.93. The molecule has 8 heteroatoms. The Morgan fingerprint density at radius 3 is 2.53 bits per heavy atom. The number of ether oxygens (including phenoxy) is 3. The number of nitrogens with one attached hydrogen (secondary N) is 1. The Bertz CT molecular complexity index is 985. The highest BCUT2D eigenvalue weighted by Crippen LogP contribution is 2.38. The Morgan fingerprint density at radius 1 is 0.967 bits per heavy atom. The van der Waals surface area contributed by atoms with E-state index in [0.717, 1.165) is 17.7 Å². The number of allylic oxidation sites excluding steroid dienone is 1. The van der Waals surface area contributed by atoms with Crippen molar-refractivity contribution < 1.29 is 32.2 Å². The van der Waals surface area contributed by atoms with Crippen LogP contribution in [0.5, 0.6) is 17.2 Å². The highest BCUT2D eigenvalue weighted by Gasteiger charge is 2.32. The Hall–Kier alpha value is -3.16. The first-order valence-electron chi connectivity index (χ1n) is 9.61. The Labute approximate surface area is 171 Å². The topological polar surface area (TPSA) is 56.8 Å². The predicted molar refractivity (Wildman–Crippen MR) is 103 cm³/mol. The van der Waals surface area contributed by atoms with Crippen LogP contribution < -0.4 is 19.5 Å². The Balaban J connectivity index is 1.48. The van der Waals surface area contributed by atoms with Gasteiger partial charge in [-0.05, 0) is 48.2 Å². The first kappa shape index (κ1) is 20.1. The molecule has 4 rings (SSSR count). The van der Waals surface area contributed by atoms with E-state index in [0.29, 0.717) is 55.3 Å². The minimum absolute atomic E-state index is 0.146. The van der Waals surface area contributed by atoms with Gasteiger partial charge in [0.15, 0.2) is 11.5 Å². The molecule has 0 radical (unpaired) electrons. The quantitative estimate of drug-likeness (QED) is 0.752. The van der Waals surface area contributed by atoms with Crippen LogP contribution in [0.2, 0.25) is 0 Å². The van der Waals surface area contributed by atoms with Crippen molar-refractivity contribution in [2.75, 3.05) is 19.8 Å². The van der Waals surface area contributed by atoms with Crippen molar-refractivity contribution in [1.82, 2.24) is 5.32 Å². The van der Waals surface area contributed by atoms with Gasteiger partial charge in [-0.1, -0.05) is 12.1 Å². The van der Waals surface area contributed by atoms with Gasteiger partial charge in [-0.2, -0.15) is 13.2 Å². The Morgan fingerprint density at radius 2 is 1.73 bits per heavy atom. The molecule has 0 aliphatic carbocycles. The fourth-order valence-electron chi connectivity index (χ4n) is 3.41. The highest BCUT2D eigenvalue weighted by molar-refractivity contribution is 5.96. The number of fused-ring (bicyclic) bond motifs is 2. The second-order valence-electron chi connectivity index (χ2n) is 7.03. The van der Waals surface area contributed by atoms with E-state index in [9.17, 15) is 18.0 Å². The molecule has 0 atom stereocenters. The zero-order valence-electron chi connectivity index (χ0n) is 16.1. The lowest BCUT2D eigenvalue weighted by atomic mass is 9.99. The summed E-state index contributed by atoms with van der Waals surface area (Å²) in [4.78, 5) is 12.5. The lowest BCUT2D eigenvalue weighted by Crippen LogP contribution is -2.21. The molecule has 30 heavy (non-hydrogen) atoms. The predicted octanol–water partition coefficient (Wildman–Crippen LogP) is 4.35. The SMILES string of the molecule is O=C(/C=C1\CCCOc2cc(C(F)(F)F)ccc21)NCc1ccc2c(c1)OCCO2. The van der Waals surface area contributed by atoms with Gasteiger partial charge < -0.3 is 19.5 Å². The molecule has 0 saturated heterocycles. The van der Waals surface area contributed by atoms with Crippen molar-refractivity contribution in [3.05, 3.63) is 59.2 Å². The summed E-state index contributed by atoms with van der Waals surface area (Å²) >= 11 is 0. The van der Waals surface area contributed by atoms with E-state index in [1.807, 2.05) is 12.1 Å². The highest BCUT2D eigenvalue weighted by atomic mass is 19.4. The smallest absolute Gasteiger partial charge is 0.416 e. The molecule has 0 aromatic heterocycles. The van der Waals surface area contributed by atoms with Crippen LogP contribution in [-0.2, 0) is 17.5 Å². The van der Waals surface area contributed by atoms with Crippen LogP contribution in [-0.4, -0.2) is 25.7 Å². The third-order valence-corrected chi connectivity index (χ3v) is 4.88. The van der Waals surface area contributed by atoms with Gasteiger partial charge in [-0.25, -0.2) is 0 Å². The maximum Gasteiger partial charge on any atom is 0.416 e. The molecule has 2 aliphatic heterocycles. The third kappa shape index (κ3) is 4.53. The minimum atomic E-state index is -4.45. The van der Waals surface area contributed by atoms with Crippen molar-refractivity contribution in [1.29, 1.82) is 0 Å². The monoisotopic (exact) mass is 419 g/mol. The first-order valence-corrected chi connectivity index (χ1v) is 9.61. The third-order valence-electron chi connectivity index (χ3n) is 4.88. The van der Waals surface area contributed by atoms with E-state index in [-0.39, 0.29) is 18.2 Å². The van der Waals surface area contributed by atoms with E-state index in [4.69, 9.17) is 14.2 Å². The van der Waals surface area contributed by atoms with Crippen LogP contribution in [0.3, 0.4) is 0 Å². The van der Waals surface area contributed by atoms with Crippen LogP contribution >= 0.6 is 0 Å². The number of benzene rings is 2. The van der Waals surface area contributed by atoms with E-state index in [1.165, 1.54) is 12.1 Å². The minimum Gasteiger partial charge on any atom is -0.493 e. The van der Waals surface area contributed by atoms with Crippen LogP contribution in [0.1, 0.15) is 29.5 Å². The summed E-state index contributed by atoms with van der Waals surface area (Å²) in [6.07, 6.45) is -1.87. The molecule has 0 saturated carbocycles. The van der Waals surface area contributed by atoms with Crippen LogP contribution in [0.25, 0.3) is 5.57 Å². The van der Waals surface area contributed by atoms with Gasteiger partial charge in [-0.3, -0.25) is 4.79 Å². The second kappa shape index (κ2) is 8.30. The largest absolute Gasteiger partial charge is 0.493 e. The van der Waals surface area contributed by atoms with Crippen molar-refractivity contribution in [2.24, 2.45) is 0 Å². The summed E-state index contributed by atoms with van der Waals surface area (Å²) in [5, 5.41) is 2.81.